The van der Waals surface area contributed by atoms with Crippen molar-refractivity contribution < 1.29 is 9.76 Å². The van der Waals surface area contributed by atoms with Crippen molar-refractivity contribution in [2.24, 2.45) is 7.05 Å². The van der Waals surface area contributed by atoms with Crippen molar-refractivity contribution >= 4 is 23.4 Å². The molecule has 2 aromatic rings. The monoisotopic (exact) mass is 274 g/mol. The zero-order valence-electron chi connectivity index (χ0n) is 13.1. The smallest absolute Gasteiger partial charge is 0.324 e. The predicted molar refractivity (Wildman–Crippen MR) is 83.4 cm³/mol. The standard InChI is InChI=1S/C15H23BN2O2/c1-14(2,19)15(3,4)20-16(5)11-7-8-12-13(9-11)18(6)10-17-12/h7-10,19H,1-6H3. The van der Waals surface area contributed by atoms with Gasteiger partial charge in [-0.1, -0.05) is 12.9 Å². The zero-order valence-corrected chi connectivity index (χ0v) is 13.1. The van der Waals surface area contributed by atoms with Crippen LogP contribution in [0.15, 0.2) is 24.5 Å². The summed E-state index contributed by atoms with van der Waals surface area (Å²) in [5, 5.41) is 10.2. The number of nitrogens with zero attached hydrogens (tertiary/aromatic N) is 2. The minimum Gasteiger partial charge on any atom is -0.423 e. The summed E-state index contributed by atoms with van der Waals surface area (Å²) in [7, 11) is 1.98. The van der Waals surface area contributed by atoms with Gasteiger partial charge in [0.15, 0.2) is 0 Å². The highest BCUT2D eigenvalue weighted by Gasteiger charge is 2.38. The first-order chi connectivity index (χ1) is 9.12. The largest absolute Gasteiger partial charge is 0.423 e. The van der Waals surface area contributed by atoms with E-state index in [1.165, 1.54) is 0 Å². The Morgan fingerprint density at radius 2 is 1.90 bits per heavy atom. The number of hydrogen-bond acceptors (Lipinski definition) is 3. The first kappa shape index (κ1) is 15.1. The quantitative estimate of drug-likeness (QED) is 0.867. The summed E-state index contributed by atoms with van der Waals surface area (Å²) in [6.45, 7) is 9.26. The van der Waals surface area contributed by atoms with Crippen LogP contribution in [0, 0.1) is 0 Å². The van der Waals surface area contributed by atoms with Gasteiger partial charge in [-0.2, -0.15) is 0 Å². The zero-order chi connectivity index (χ0) is 15.1. The van der Waals surface area contributed by atoms with Gasteiger partial charge >= 0.3 is 6.92 Å². The molecule has 1 aromatic carbocycles. The van der Waals surface area contributed by atoms with E-state index in [0.717, 1.165) is 16.5 Å². The Morgan fingerprint density at radius 3 is 2.50 bits per heavy atom. The SMILES string of the molecule is CB(OC(C)(C)C(C)(C)O)c1ccc2ncn(C)c2c1. The molecule has 0 amide bonds. The second-order valence-electron chi connectivity index (χ2n) is 6.43. The number of aryl methyl sites for hydroxylation is 1. The molecular weight excluding hydrogens is 251 g/mol. The van der Waals surface area contributed by atoms with Crippen LogP contribution in [0.4, 0.5) is 0 Å². The lowest BCUT2D eigenvalue weighted by atomic mass is 9.62. The highest BCUT2D eigenvalue weighted by molar-refractivity contribution is 6.66. The van der Waals surface area contributed by atoms with E-state index in [2.05, 4.69) is 11.1 Å². The molecule has 5 heteroatoms. The molecule has 0 saturated heterocycles. The Balaban J connectivity index is 2.27. The Hall–Kier alpha value is -1.33. The van der Waals surface area contributed by atoms with Gasteiger partial charge in [0.05, 0.1) is 28.6 Å². The average Bonchev–Trinajstić information content (AvgIpc) is 2.68. The average molecular weight is 274 g/mol. The number of fused-ring (bicyclic) bond motifs is 1. The number of benzene rings is 1. The van der Waals surface area contributed by atoms with E-state index in [4.69, 9.17) is 4.65 Å². The molecule has 0 spiro atoms. The van der Waals surface area contributed by atoms with Crippen LogP contribution in [-0.4, -0.2) is 32.8 Å². The number of hydrogen-bond donors (Lipinski definition) is 1. The molecule has 1 aromatic heterocycles. The molecule has 0 aliphatic rings. The predicted octanol–water partition coefficient (Wildman–Crippen LogP) is 1.97. The summed E-state index contributed by atoms with van der Waals surface area (Å²) in [6.07, 6.45) is 1.81. The van der Waals surface area contributed by atoms with Crippen molar-refractivity contribution in [2.75, 3.05) is 0 Å². The molecule has 0 aliphatic carbocycles. The van der Waals surface area contributed by atoms with E-state index in [9.17, 15) is 5.11 Å². The summed E-state index contributed by atoms with van der Waals surface area (Å²) in [4.78, 5) is 4.31. The topological polar surface area (TPSA) is 47.3 Å². The van der Waals surface area contributed by atoms with E-state index in [1.807, 2.05) is 44.4 Å². The van der Waals surface area contributed by atoms with Crippen molar-refractivity contribution in [3.05, 3.63) is 24.5 Å². The lowest BCUT2D eigenvalue weighted by molar-refractivity contribution is -0.0918. The highest BCUT2D eigenvalue weighted by Crippen LogP contribution is 2.25. The summed E-state index contributed by atoms with van der Waals surface area (Å²) in [5.74, 6) is 0. The minimum absolute atomic E-state index is 0.101. The van der Waals surface area contributed by atoms with E-state index in [-0.39, 0.29) is 6.92 Å². The van der Waals surface area contributed by atoms with Crippen LogP contribution in [0.1, 0.15) is 27.7 Å². The van der Waals surface area contributed by atoms with Crippen molar-refractivity contribution in [1.29, 1.82) is 0 Å². The van der Waals surface area contributed by atoms with Gasteiger partial charge in [0.25, 0.3) is 0 Å². The molecule has 4 nitrogen and oxygen atoms in total. The molecule has 0 bridgehead atoms. The molecule has 1 N–H and O–H groups in total. The molecule has 108 valence electrons. The fourth-order valence-corrected chi connectivity index (χ4v) is 2.05. The van der Waals surface area contributed by atoms with Gasteiger partial charge in [0, 0.05) is 7.05 Å². The normalized spacial score (nSPS) is 12.9. The van der Waals surface area contributed by atoms with E-state index in [1.54, 1.807) is 20.2 Å². The van der Waals surface area contributed by atoms with Gasteiger partial charge in [-0.25, -0.2) is 4.98 Å². The molecule has 20 heavy (non-hydrogen) atoms. The molecule has 0 aliphatic heterocycles. The van der Waals surface area contributed by atoms with Crippen LogP contribution < -0.4 is 5.46 Å². The lowest BCUT2D eigenvalue weighted by Crippen LogP contribution is -2.52. The maximum atomic E-state index is 10.2. The molecule has 0 atom stereocenters. The maximum absolute atomic E-state index is 10.2. The van der Waals surface area contributed by atoms with Crippen LogP contribution in [0.2, 0.25) is 6.82 Å². The Kier molecular flexibility index (Phi) is 3.69. The molecule has 2 rings (SSSR count). The number of imidazole rings is 1. The Morgan fingerprint density at radius 1 is 1.25 bits per heavy atom. The number of aromatic nitrogens is 2. The van der Waals surface area contributed by atoms with E-state index >= 15 is 0 Å². The molecule has 0 fully saturated rings. The third-order valence-corrected chi connectivity index (χ3v) is 4.16. The summed E-state index contributed by atoms with van der Waals surface area (Å²) in [6, 6.07) is 6.12. The highest BCUT2D eigenvalue weighted by atomic mass is 16.5. The third-order valence-electron chi connectivity index (χ3n) is 4.16. The van der Waals surface area contributed by atoms with E-state index in [0.29, 0.717) is 0 Å². The van der Waals surface area contributed by atoms with Gasteiger partial charge in [0.2, 0.25) is 0 Å². The van der Waals surface area contributed by atoms with Gasteiger partial charge in [-0.3, -0.25) is 0 Å². The van der Waals surface area contributed by atoms with Gasteiger partial charge in [-0.05, 0) is 45.3 Å². The molecule has 1 heterocycles. The lowest BCUT2D eigenvalue weighted by Gasteiger charge is -2.39. The van der Waals surface area contributed by atoms with Gasteiger partial charge < -0.3 is 14.3 Å². The minimum atomic E-state index is -0.905. The summed E-state index contributed by atoms with van der Waals surface area (Å²) in [5.41, 5.74) is 1.61. The van der Waals surface area contributed by atoms with Crippen LogP contribution in [0.25, 0.3) is 11.0 Å². The van der Waals surface area contributed by atoms with Crippen LogP contribution in [-0.2, 0) is 11.7 Å². The van der Waals surface area contributed by atoms with Crippen LogP contribution in [0.5, 0.6) is 0 Å². The summed E-state index contributed by atoms with van der Waals surface area (Å²) < 4.78 is 8.07. The number of rotatable bonds is 4. The fourth-order valence-electron chi connectivity index (χ4n) is 2.05. The van der Waals surface area contributed by atoms with Crippen LogP contribution >= 0.6 is 0 Å². The number of aliphatic hydroxyl groups is 1. The van der Waals surface area contributed by atoms with Crippen molar-refractivity contribution in [3.63, 3.8) is 0 Å². The molecular formula is C15H23BN2O2. The fraction of sp³-hybridized carbons (Fsp3) is 0.533. The van der Waals surface area contributed by atoms with Crippen molar-refractivity contribution in [1.82, 2.24) is 9.55 Å². The molecule has 0 unspecified atom stereocenters. The summed E-state index contributed by atoms with van der Waals surface area (Å²) >= 11 is 0. The van der Waals surface area contributed by atoms with Crippen LogP contribution in [0.3, 0.4) is 0 Å². The van der Waals surface area contributed by atoms with Crippen molar-refractivity contribution in [3.8, 4) is 0 Å². The van der Waals surface area contributed by atoms with E-state index < -0.39 is 11.2 Å². The van der Waals surface area contributed by atoms with Gasteiger partial charge in [0.1, 0.15) is 0 Å². The second kappa shape index (κ2) is 4.90. The van der Waals surface area contributed by atoms with Crippen molar-refractivity contribution in [2.45, 2.75) is 45.7 Å². The Labute approximate surface area is 120 Å². The first-order valence-electron chi connectivity index (χ1n) is 6.93. The Bertz CT molecular complexity index is 614. The third kappa shape index (κ3) is 2.74. The maximum Gasteiger partial charge on any atom is 0.324 e. The van der Waals surface area contributed by atoms with Gasteiger partial charge in [-0.15, -0.1) is 0 Å². The first-order valence-corrected chi connectivity index (χ1v) is 6.93. The molecule has 0 radical (unpaired) electrons. The molecule has 0 saturated carbocycles. The second-order valence-corrected chi connectivity index (χ2v) is 6.43.